The van der Waals surface area contributed by atoms with E-state index in [1.807, 2.05) is 12.1 Å². The van der Waals surface area contributed by atoms with Crippen LogP contribution in [0.25, 0.3) is 22.4 Å². The molecular weight excluding hydrogens is 322 g/mol. The predicted octanol–water partition coefficient (Wildman–Crippen LogP) is 4.65. The second-order valence-corrected chi connectivity index (χ2v) is 7.57. The van der Waals surface area contributed by atoms with Crippen molar-refractivity contribution in [1.29, 1.82) is 0 Å². The Bertz CT molecular complexity index is 913. The van der Waals surface area contributed by atoms with Crippen LogP contribution in [0, 0.1) is 11.8 Å². The number of hydrogen-bond acceptors (Lipinski definition) is 4. The number of hydrazone groups is 1. The highest BCUT2D eigenvalue weighted by Gasteiger charge is 2.28. The van der Waals surface area contributed by atoms with Crippen molar-refractivity contribution in [2.24, 2.45) is 16.9 Å². The van der Waals surface area contributed by atoms with Crippen molar-refractivity contribution in [2.75, 3.05) is 6.54 Å². The zero-order chi connectivity index (χ0) is 18.1. The number of hydrogen-bond donors (Lipinski definition) is 1. The van der Waals surface area contributed by atoms with E-state index in [1.165, 1.54) is 5.56 Å². The number of aromatic amines is 1. The van der Waals surface area contributed by atoms with E-state index in [-0.39, 0.29) is 0 Å². The molecule has 3 aromatic rings. The van der Waals surface area contributed by atoms with Gasteiger partial charge in [0.05, 0.1) is 17.1 Å². The molecule has 0 aliphatic carbocycles. The zero-order valence-electron chi connectivity index (χ0n) is 15.6. The van der Waals surface area contributed by atoms with Gasteiger partial charge in [-0.2, -0.15) is 5.10 Å². The fraction of sp³-hybridized carbons (Fsp3) is 0.381. The summed E-state index contributed by atoms with van der Waals surface area (Å²) in [5.41, 5.74) is 4.41. The summed E-state index contributed by atoms with van der Waals surface area (Å²) in [5.74, 6) is 1.99. The number of fused-ring (bicyclic) bond motifs is 1. The minimum Gasteiger partial charge on any atom is -0.338 e. The molecule has 0 fully saturated rings. The van der Waals surface area contributed by atoms with Crippen LogP contribution in [0.4, 0.5) is 0 Å². The van der Waals surface area contributed by atoms with E-state index < -0.39 is 0 Å². The van der Waals surface area contributed by atoms with Gasteiger partial charge >= 0.3 is 0 Å². The Morgan fingerprint density at radius 2 is 2.00 bits per heavy atom. The van der Waals surface area contributed by atoms with Crippen molar-refractivity contribution >= 4 is 17.2 Å². The first-order valence-electron chi connectivity index (χ1n) is 9.31. The molecule has 26 heavy (non-hydrogen) atoms. The van der Waals surface area contributed by atoms with Crippen LogP contribution in [-0.2, 0) is 0 Å². The second kappa shape index (κ2) is 6.90. The van der Waals surface area contributed by atoms with Crippen LogP contribution in [0.3, 0.4) is 0 Å². The lowest BCUT2D eigenvalue weighted by molar-refractivity contribution is 0.129. The van der Waals surface area contributed by atoms with Crippen molar-refractivity contribution in [3.8, 4) is 11.4 Å². The molecule has 0 saturated heterocycles. The van der Waals surface area contributed by atoms with Gasteiger partial charge in [-0.05, 0) is 48.1 Å². The highest BCUT2D eigenvalue weighted by molar-refractivity contribution is 5.80. The van der Waals surface area contributed by atoms with E-state index in [4.69, 9.17) is 4.98 Å². The Morgan fingerprint density at radius 1 is 1.19 bits per heavy atom. The van der Waals surface area contributed by atoms with Gasteiger partial charge in [0.1, 0.15) is 5.82 Å². The third-order valence-electron chi connectivity index (χ3n) is 4.92. The molecule has 2 aromatic heterocycles. The first-order valence-corrected chi connectivity index (χ1v) is 9.31. The molecule has 134 valence electrons. The number of rotatable bonds is 4. The largest absolute Gasteiger partial charge is 0.338 e. The first-order chi connectivity index (χ1) is 12.6. The number of pyridine rings is 1. The second-order valence-electron chi connectivity index (χ2n) is 7.57. The summed E-state index contributed by atoms with van der Waals surface area (Å²) in [5, 5.41) is 6.94. The highest BCUT2D eigenvalue weighted by atomic mass is 15.5. The lowest BCUT2D eigenvalue weighted by Gasteiger charge is -2.37. The summed E-state index contributed by atoms with van der Waals surface area (Å²) >= 11 is 0. The number of benzene rings is 1. The maximum atomic E-state index is 4.73. The van der Waals surface area contributed by atoms with E-state index >= 15 is 0 Å². The number of nitrogens with one attached hydrogen (secondary N) is 1. The van der Waals surface area contributed by atoms with Crippen molar-refractivity contribution < 1.29 is 0 Å². The molecule has 4 rings (SSSR count). The van der Waals surface area contributed by atoms with Gasteiger partial charge < -0.3 is 4.98 Å². The van der Waals surface area contributed by atoms with Gasteiger partial charge in [-0.15, -0.1) is 0 Å². The van der Waals surface area contributed by atoms with Gasteiger partial charge in [0, 0.05) is 30.7 Å². The van der Waals surface area contributed by atoms with Crippen molar-refractivity contribution in [2.45, 2.75) is 33.2 Å². The Labute approximate surface area is 154 Å². The van der Waals surface area contributed by atoms with Crippen LogP contribution in [0.5, 0.6) is 0 Å². The average Bonchev–Trinajstić information content (AvgIpc) is 3.05. The van der Waals surface area contributed by atoms with Gasteiger partial charge in [-0.3, -0.25) is 9.99 Å². The Hall–Kier alpha value is -2.69. The minimum atomic E-state index is 0.305. The van der Waals surface area contributed by atoms with Crippen LogP contribution >= 0.6 is 0 Å². The molecule has 1 aliphatic heterocycles. The molecule has 2 atom stereocenters. The molecule has 1 aliphatic rings. The molecule has 2 unspecified atom stereocenters. The first kappa shape index (κ1) is 16.8. The van der Waals surface area contributed by atoms with Gasteiger partial charge in [0.25, 0.3) is 0 Å². The zero-order valence-corrected chi connectivity index (χ0v) is 15.6. The molecular formula is C21H25N5. The van der Waals surface area contributed by atoms with Gasteiger partial charge in [0.2, 0.25) is 0 Å². The number of aromatic nitrogens is 3. The van der Waals surface area contributed by atoms with E-state index in [9.17, 15) is 0 Å². The molecule has 3 heterocycles. The molecule has 5 heteroatoms. The quantitative estimate of drug-likeness (QED) is 0.747. The third-order valence-corrected chi connectivity index (χ3v) is 4.92. The van der Waals surface area contributed by atoms with Crippen LogP contribution in [-0.4, -0.2) is 32.7 Å². The lowest BCUT2D eigenvalue weighted by atomic mass is 9.90. The molecule has 0 bridgehead atoms. The van der Waals surface area contributed by atoms with Crippen molar-refractivity contribution in [3.63, 3.8) is 0 Å². The van der Waals surface area contributed by atoms with Crippen LogP contribution in [0.1, 0.15) is 38.8 Å². The molecule has 0 amide bonds. The van der Waals surface area contributed by atoms with Gasteiger partial charge in [0.15, 0.2) is 0 Å². The molecule has 0 spiro atoms. The summed E-state index contributed by atoms with van der Waals surface area (Å²) in [4.78, 5) is 12.3. The van der Waals surface area contributed by atoms with E-state index in [2.05, 4.69) is 65.3 Å². The topological polar surface area (TPSA) is 57.2 Å². The van der Waals surface area contributed by atoms with Crippen LogP contribution in [0.2, 0.25) is 0 Å². The van der Waals surface area contributed by atoms with E-state index in [0.717, 1.165) is 35.4 Å². The standard InChI is InChI=1S/C21H25N5/c1-14(2)13-26-20(15(3)6-11-23-26)17-4-5-18-19(12-17)25-21(24-18)16-7-9-22-10-8-16/h4-5,7-12,14-15,20H,6,13H2,1-3H3,(H,24,25). The summed E-state index contributed by atoms with van der Waals surface area (Å²) < 4.78 is 0. The third kappa shape index (κ3) is 3.21. The molecule has 5 nitrogen and oxygen atoms in total. The van der Waals surface area contributed by atoms with Gasteiger partial charge in [-0.25, -0.2) is 4.98 Å². The number of nitrogens with zero attached hydrogens (tertiary/aromatic N) is 4. The Balaban J connectivity index is 1.71. The maximum absolute atomic E-state index is 4.73. The summed E-state index contributed by atoms with van der Waals surface area (Å²) in [6, 6.07) is 10.8. The molecule has 1 N–H and O–H groups in total. The summed E-state index contributed by atoms with van der Waals surface area (Å²) in [6.45, 7) is 7.76. The van der Waals surface area contributed by atoms with E-state index in [1.54, 1.807) is 12.4 Å². The fourth-order valence-electron chi connectivity index (χ4n) is 3.71. The summed E-state index contributed by atoms with van der Waals surface area (Å²) in [6.07, 6.45) is 6.65. The normalized spacial score (nSPS) is 20.2. The maximum Gasteiger partial charge on any atom is 0.138 e. The Morgan fingerprint density at radius 3 is 2.77 bits per heavy atom. The van der Waals surface area contributed by atoms with Crippen LogP contribution < -0.4 is 0 Å². The fourth-order valence-corrected chi connectivity index (χ4v) is 3.71. The summed E-state index contributed by atoms with van der Waals surface area (Å²) in [7, 11) is 0. The highest BCUT2D eigenvalue weighted by Crippen LogP contribution is 2.35. The van der Waals surface area contributed by atoms with Gasteiger partial charge in [-0.1, -0.05) is 26.8 Å². The van der Waals surface area contributed by atoms with Crippen LogP contribution in [0.15, 0.2) is 47.8 Å². The minimum absolute atomic E-state index is 0.305. The Kier molecular flexibility index (Phi) is 4.45. The van der Waals surface area contributed by atoms with Crippen molar-refractivity contribution in [1.82, 2.24) is 20.0 Å². The smallest absolute Gasteiger partial charge is 0.138 e. The van der Waals surface area contributed by atoms with Crippen molar-refractivity contribution in [3.05, 3.63) is 48.3 Å². The molecule has 1 aromatic carbocycles. The number of H-pyrrole nitrogens is 1. The predicted molar refractivity (Wildman–Crippen MR) is 106 cm³/mol. The SMILES string of the molecule is CC(C)CN1N=CCC(C)C1c1ccc2nc(-c3ccncc3)[nH]c2c1. The molecule has 0 radical (unpaired) electrons. The lowest BCUT2D eigenvalue weighted by Crippen LogP contribution is -2.34. The number of imidazole rings is 1. The molecule has 0 saturated carbocycles. The monoisotopic (exact) mass is 347 g/mol. The van der Waals surface area contributed by atoms with E-state index in [0.29, 0.717) is 17.9 Å². The average molecular weight is 347 g/mol.